The first kappa shape index (κ1) is 16.0. The van der Waals surface area contributed by atoms with Crippen molar-refractivity contribution in [3.63, 3.8) is 0 Å². The van der Waals surface area contributed by atoms with Crippen LogP contribution in [0.2, 0.25) is 0 Å². The summed E-state index contributed by atoms with van der Waals surface area (Å²) in [5.74, 6) is -0.432. The Kier molecular flexibility index (Phi) is 4.63. The normalized spacial score (nSPS) is 12.4. The number of hydrogen-bond acceptors (Lipinski definition) is 2. The molecule has 0 atom stereocenters. The molecule has 0 bridgehead atoms. The van der Waals surface area contributed by atoms with Crippen molar-refractivity contribution in [1.29, 1.82) is 0 Å². The van der Waals surface area contributed by atoms with E-state index in [1.807, 2.05) is 0 Å². The summed E-state index contributed by atoms with van der Waals surface area (Å²) < 4.78 is 38.0. The predicted molar refractivity (Wildman–Crippen MR) is 70.7 cm³/mol. The third kappa shape index (κ3) is 5.61. The molecule has 3 nitrogen and oxygen atoms in total. The maximum Gasteiger partial charge on any atom is 0.416 e. The fourth-order valence-electron chi connectivity index (χ4n) is 1.44. The summed E-state index contributed by atoms with van der Waals surface area (Å²) in [5.41, 5.74) is 4.20. The molecule has 0 saturated heterocycles. The lowest BCUT2D eigenvalue weighted by Gasteiger charge is -2.18. The average Bonchev–Trinajstić information content (AvgIpc) is 2.11. The summed E-state index contributed by atoms with van der Waals surface area (Å²) >= 11 is 2.98. The van der Waals surface area contributed by atoms with Crippen LogP contribution in [0.4, 0.5) is 18.9 Å². The number of halogens is 4. The number of amides is 1. The molecule has 0 aliphatic carbocycles. The minimum Gasteiger partial charge on any atom is -0.326 e. The molecule has 106 valence electrons. The van der Waals surface area contributed by atoms with Crippen molar-refractivity contribution < 1.29 is 18.0 Å². The van der Waals surface area contributed by atoms with E-state index in [-0.39, 0.29) is 16.6 Å². The Bertz CT molecular complexity index is 481. The summed E-state index contributed by atoms with van der Waals surface area (Å²) in [6.07, 6.45) is -4.45. The number of nitrogens with one attached hydrogen (secondary N) is 1. The van der Waals surface area contributed by atoms with E-state index in [9.17, 15) is 18.0 Å². The Morgan fingerprint density at radius 3 is 2.37 bits per heavy atom. The second-order valence-electron chi connectivity index (χ2n) is 4.94. The number of hydrogen-bond donors (Lipinski definition) is 2. The largest absolute Gasteiger partial charge is 0.416 e. The highest BCUT2D eigenvalue weighted by Gasteiger charge is 2.31. The number of nitrogens with two attached hydrogens (primary N) is 1. The Balaban J connectivity index is 2.91. The number of carbonyl (C=O) groups excluding carboxylic acids is 1. The molecule has 0 aliphatic rings. The molecule has 1 rings (SSSR count). The quantitative estimate of drug-likeness (QED) is 0.885. The zero-order valence-electron chi connectivity index (χ0n) is 10.4. The first-order valence-electron chi connectivity index (χ1n) is 5.44. The van der Waals surface area contributed by atoms with Crippen LogP contribution in [0.15, 0.2) is 22.7 Å². The molecule has 1 aromatic rings. The van der Waals surface area contributed by atoms with Gasteiger partial charge in [-0.25, -0.2) is 0 Å². The van der Waals surface area contributed by atoms with Gasteiger partial charge in [-0.1, -0.05) is 15.9 Å². The summed E-state index contributed by atoms with van der Waals surface area (Å²) in [5, 5.41) is 2.40. The fraction of sp³-hybridized carbons (Fsp3) is 0.417. The van der Waals surface area contributed by atoms with E-state index < -0.39 is 23.2 Å². The van der Waals surface area contributed by atoms with E-state index in [1.54, 1.807) is 13.8 Å². The molecule has 19 heavy (non-hydrogen) atoms. The van der Waals surface area contributed by atoms with Gasteiger partial charge < -0.3 is 11.1 Å². The van der Waals surface area contributed by atoms with Crippen LogP contribution in [0.25, 0.3) is 0 Å². The third-order valence-electron chi connectivity index (χ3n) is 2.13. The zero-order chi connectivity index (χ0) is 14.8. The highest BCUT2D eigenvalue weighted by molar-refractivity contribution is 9.10. The number of benzene rings is 1. The van der Waals surface area contributed by atoms with Crippen LogP contribution < -0.4 is 11.1 Å². The van der Waals surface area contributed by atoms with Crippen molar-refractivity contribution in [2.75, 3.05) is 5.32 Å². The fourth-order valence-corrected chi connectivity index (χ4v) is 1.94. The van der Waals surface area contributed by atoms with Crippen LogP contribution in [-0.4, -0.2) is 11.4 Å². The Morgan fingerprint density at radius 1 is 1.32 bits per heavy atom. The van der Waals surface area contributed by atoms with Crippen molar-refractivity contribution in [3.8, 4) is 0 Å². The van der Waals surface area contributed by atoms with Gasteiger partial charge in [0.15, 0.2) is 0 Å². The Morgan fingerprint density at radius 2 is 1.89 bits per heavy atom. The Labute approximate surface area is 117 Å². The molecular weight excluding hydrogens is 325 g/mol. The lowest BCUT2D eigenvalue weighted by molar-refractivity contribution is -0.137. The van der Waals surface area contributed by atoms with Crippen LogP contribution >= 0.6 is 15.9 Å². The lowest BCUT2D eigenvalue weighted by atomic mass is 10.0. The van der Waals surface area contributed by atoms with Crippen LogP contribution in [0.3, 0.4) is 0 Å². The van der Waals surface area contributed by atoms with Gasteiger partial charge >= 0.3 is 6.18 Å². The van der Waals surface area contributed by atoms with Gasteiger partial charge in [-0.05, 0) is 32.0 Å². The van der Waals surface area contributed by atoms with Gasteiger partial charge in [-0.2, -0.15) is 13.2 Å². The molecule has 0 aromatic heterocycles. The van der Waals surface area contributed by atoms with Crippen LogP contribution in [0, 0.1) is 0 Å². The van der Waals surface area contributed by atoms with E-state index in [1.165, 1.54) is 6.07 Å². The van der Waals surface area contributed by atoms with Crippen LogP contribution in [0.5, 0.6) is 0 Å². The minimum atomic E-state index is -4.46. The number of carbonyl (C=O) groups is 1. The molecular formula is C12H14BrF3N2O. The topological polar surface area (TPSA) is 55.1 Å². The molecule has 1 aromatic carbocycles. The number of rotatable bonds is 3. The van der Waals surface area contributed by atoms with Gasteiger partial charge in [0, 0.05) is 22.1 Å². The zero-order valence-corrected chi connectivity index (χ0v) is 12.0. The van der Waals surface area contributed by atoms with Crippen LogP contribution in [-0.2, 0) is 11.0 Å². The highest BCUT2D eigenvalue weighted by atomic mass is 79.9. The van der Waals surface area contributed by atoms with Crippen molar-refractivity contribution in [2.45, 2.75) is 32.0 Å². The first-order chi connectivity index (χ1) is 8.47. The first-order valence-corrected chi connectivity index (χ1v) is 6.23. The van der Waals surface area contributed by atoms with Crippen molar-refractivity contribution >= 4 is 27.5 Å². The third-order valence-corrected chi connectivity index (χ3v) is 2.58. The smallest absolute Gasteiger partial charge is 0.326 e. The maximum atomic E-state index is 12.6. The molecule has 0 radical (unpaired) electrons. The average molecular weight is 339 g/mol. The summed E-state index contributed by atoms with van der Waals surface area (Å²) in [7, 11) is 0. The summed E-state index contributed by atoms with van der Waals surface area (Å²) in [6, 6.07) is 3.23. The molecule has 3 N–H and O–H groups in total. The molecule has 0 unspecified atom stereocenters. The van der Waals surface area contributed by atoms with Crippen LogP contribution in [0.1, 0.15) is 25.8 Å². The molecule has 0 saturated carbocycles. The van der Waals surface area contributed by atoms with E-state index in [0.29, 0.717) is 0 Å². The van der Waals surface area contributed by atoms with Crippen molar-refractivity contribution in [1.82, 2.24) is 0 Å². The van der Waals surface area contributed by atoms with Crippen molar-refractivity contribution in [3.05, 3.63) is 28.2 Å². The molecule has 0 fully saturated rings. The minimum absolute atomic E-state index is 0.0147. The molecule has 1 amide bonds. The van der Waals surface area contributed by atoms with E-state index in [0.717, 1.165) is 12.1 Å². The second kappa shape index (κ2) is 5.50. The van der Waals surface area contributed by atoms with Gasteiger partial charge in [0.1, 0.15) is 0 Å². The monoisotopic (exact) mass is 338 g/mol. The summed E-state index contributed by atoms with van der Waals surface area (Å²) in [6.45, 7) is 3.32. The van der Waals surface area contributed by atoms with E-state index >= 15 is 0 Å². The van der Waals surface area contributed by atoms with E-state index in [2.05, 4.69) is 21.2 Å². The summed E-state index contributed by atoms with van der Waals surface area (Å²) in [4.78, 5) is 11.6. The Hall–Kier alpha value is -1.08. The number of alkyl halides is 3. The second-order valence-corrected chi connectivity index (χ2v) is 5.86. The van der Waals surface area contributed by atoms with Gasteiger partial charge in [0.05, 0.1) is 5.56 Å². The van der Waals surface area contributed by atoms with Gasteiger partial charge in [0.25, 0.3) is 0 Å². The lowest BCUT2D eigenvalue weighted by Crippen LogP contribution is -2.36. The molecule has 7 heteroatoms. The van der Waals surface area contributed by atoms with Crippen molar-refractivity contribution in [2.24, 2.45) is 5.73 Å². The van der Waals surface area contributed by atoms with E-state index in [4.69, 9.17) is 5.73 Å². The SMILES string of the molecule is CC(C)(N)CC(=O)Nc1cc(Br)cc(C(F)(F)F)c1. The van der Waals surface area contributed by atoms with Gasteiger partial charge in [-0.3, -0.25) is 4.79 Å². The standard InChI is InChI=1S/C12H14BrF3N2O/c1-11(2,17)6-10(19)18-9-4-7(12(14,15)16)3-8(13)5-9/h3-5H,6,17H2,1-2H3,(H,18,19). The van der Waals surface area contributed by atoms with Gasteiger partial charge in [0.2, 0.25) is 5.91 Å². The maximum absolute atomic E-state index is 12.6. The number of anilines is 1. The molecule has 0 spiro atoms. The predicted octanol–water partition coefficient (Wildman–Crippen LogP) is 3.53. The van der Waals surface area contributed by atoms with Gasteiger partial charge in [-0.15, -0.1) is 0 Å². The molecule has 0 heterocycles. The highest BCUT2D eigenvalue weighted by Crippen LogP contribution is 2.33. The molecule has 0 aliphatic heterocycles.